The number of H-pyrrole nitrogens is 1. The zero-order valence-electron chi connectivity index (χ0n) is 13.2. The van der Waals surface area contributed by atoms with Gasteiger partial charge in [-0.25, -0.2) is 4.98 Å². The van der Waals surface area contributed by atoms with Crippen LogP contribution >= 0.6 is 31.9 Å². The van der Waals surface area contributed by atoms with Crippen molar-refractivity contribution in [3.63, 3.8) is 0 Å². The Morgan fingerprint density at radius 1 is 1.48 bits per heavy atom. The topological polar surface area (TPSA) is 120 Å². The van der Waals surface area contributed by atoms with E-state index in [0.717, 1.165) is 5.69 Å². The van der Waals surface area contributed by atoms with E-state index >= 15 is 0 Å². The van der Waals surface area contributed by atoms with Crippen LogP contribution in [0.25, 0.3) is 0 Å². The Morgan fingerprint density at radius 3 is 2.84 bits per heavy atom. The SMILES string of the molecule is COc1c(Br)cc(C/C(=N\O)C(=O)NCCc2cnc[nH]2)c(O)c1Br. The number of phenols is 1. The number of oxime groups is 1. The first-order valence-electron chi connectivity index (χ1n) is 7.18. The molecule has 2 rings (SSSR count). The first kappa shape index (κ1) is 19.3. The van der Waals surface area contributed by atoms with Crippen LogP contribution in [0.1, 0.15) is 11.3 Å². The number of phenolic OH excluding ortho intramolecular Hbond substituents is 1. The molecular formula is C15H16Br2N4O4. The molecule has 8 nitrogen and oxygen atoms in total. The Bertz CT molecular complexity index is 778. The van der Waals surface area contributed by atoms with Crippen molar-refractivity contribution in [1.82, 2.24) is 15.3 Å². The maximum atomic E-state index is 12.2. The quantitative estimate of drug-likeness (QED) is 0.278. The van der Waals surface area contributed by atoms with Crippen molar-refractivity contribution in [3.05, 3.63) is 38.8 Å². The van der Waals surface area contributed by atoms with Gasteiger partial charge in [0.1, 0.15) is 15.9 Å². The third kappa shape index (κ3) is 4.73. The van der Waals surface area contributed by atoms with Gasteiger partial charge in [-0.3, -0.25) is 4.79 Å². The zero-order valence-corrected chi connectivity index (χ0v) is 16.4. The highest BCUT2D eigenvalue weighted by Crippen LogP contribution is 2.42. The van der Waals surface area contributed by atoms with E-state index < -0.39 is 5.91 Å². The molecule has 0 spiro atoms. The maximum absolute atomic E-state index is 12.2. The highest BCUT2D eigenvalue weighted by Gasteiger charge is 2.20. The van der Waals surface area contributed by atoms with E-state index in [1.54, 1.807) is 18.6 Å². The van der Waals surface area contributed by atoms with Crippen LogP contribution in [0, 0.1) is 0 Å². The lowest BCUT2D eigenvalue weighted by atomic mass is 10.1. The predicted molar refractivity (Wildman–Crippen MR) is 98.3 cm³/mol. The molecule has 0 atom stereocenters. The molecule has 0 saturated carbocycles. The number of hydrogen-bond acceptors (Lipinski definition) is 6. The van der Waals surface area contributed by atoms with Gasteiger partial charge in [0.2, 0.25) is 0 Å². The molecule has 0 aliphatic carbocycles. The first-order chi connectivity index (χ1) is 12.0. The molecule has 134 valence electrons. The molecule has 4 N–H and O–H groups in total. The van der Waals surface area contributed by atoms with E-state index in [-0.39, 0.29) is 17.9 Å². The van der Waals surface area contributed by atoms with E-state index in [2.05, 4.69) is 52.3 Å². The number of methoxy groups -OCH3 is 1. The lowest BCUT2D eigenvalue weighted by Gasteiger charge is -2.13. The number of aromatic nitrogens is 2. The molecule has 10 heteroatoms. The molecule has 25 heavy (non-hydrogen) atoms. The minimum absolute atomic E-state index is 0.0561. The predicted octanol–water partition coefficient (Wildman–Crippen LogP) is 2.38. The number of imidazole rings is 1. The summed E-state index contributed by atoms with van der Waals surface area (Å²) in [7, 11) is 1.47. The highest BCUT2D eigenvalue weighted by molar-refractivity contribution is 9.11. The second-order valence-corrected chi connectivity index (χ2v) is 6.67. The number of benzene rings is 1. The Morgan fingerprint density at radius 2 is 2.24 bits per heavy atom. The third-order valence-electron chi connectivity index (χ3n) is 3.41. The number of carbonyl (C=O) groups is 1. The summed E-state index contributed by atoms with van der Waals surface area (Å²) in [4.78, 5) is 19.0. The van der Waals surface area contributed by atoms with Gasteiger partial charge in [0.15, 0.2) is 5.75 Å². The maximum Gasteiger partial charge on any atom is 0.269 e. The smallest absolute Gasteiger partial charge is 0.269 e. The number of aromatic amines is 1. The van der Waals surface area contributed by atoms with Crippen molar-refractivity contribution < 1.29 is 19.8 Å². The monoisotopic (exact) mass is 474 g/mol. The molecule has 1 amide bonds. The van der Waals surface area contributed by atoms with E-state index in [9.17, 15) is 9.90 Å². The van der Waals surface area contributed by atoms with E-state index in [0.29, 0.717) is 33.2 Å². The van der Waals surface area contributed by atoms with Crippen molar-refractivity contribution >= 4 is 43.5 Å². The number of carbonyl (C=O) groups excluding carboxylic acids is 1. The van der Waals surface area contributed by atoms with Crippen molar-refractivity contribution in [2.75, 3.05) is 13.7 Å². The average molecular weight is 476 g/mol. The standard InChI is InChI=1S/C15H16Br2N4O4/c1-25-14-10(16)4-8(13(22)12(14)17)5-11(21-24)15(23)19-3-2-9-6-18-7-20-9/h4,6-7,22,24H,2-3,5H2,1H3,(H,18,20)(H,19,23)/b21-11+. The number of aromatic hydroxyl groups is 1. The molecule has 0 fully saturated rings. The van der Waals surface area contributed by atoms with E-state index in [1.165, 1.54) is 7.11 Å². The second kappa shape index (κ2) is 8.86. The second-order valence-electron chi connectivity index (χ2n) is 5.02. The van der Waals surface area contributed by atoms with Crippen LogP contribution in [-0.4, -0.2) is 45.6 Å². The Balaban J connectivity index is 2.05. The molecule has 0 saturated heterocycles. The van der Waals surface area contributed by atoms with Gasteiger partial charge in [-0.05, 0) is 37.9 Å². The van der Waals surface area contributed by atoms with Gasteiger partial charge in [-0.2, -0.15) is 0 Å². The number of amides is 1. The molecule has 0 aliphatic heterocycles. The number of hydrogen-bond donors (Lipinski definition) is 4. The van der Waals surface area contributed by atoms with Gasteiger partial charge in [0.25, 0.3) is 5.91 Å². The lowest BCUT2D eigenvalue weighted by molar-refractivity contribution is -0.115. The van der Waals surface area contributed by atoms with Gasteiger partial charge in [0, 0.05) is 36.8 Å². The van der Waals surface area contributed by atoms with Crippen molar-refractivity contribution in [3.8, 4) is 11.5 Å². The van der Waals surface area contributed by atoms with Crippen molar-refractivity contribution in [2.24, 2.45) is 5.16 Å². The summed E-state index contributed by atoms with van der Waals surface area (Å²) in [6.07, 6.45) is 3.73. The van der Waals surface area contributed by atoms with Crippen LogP contribution in [0.4, 0.5) is 0 Å². The normalized spacial score (nSPS) is 11.4. The summed E-state index contributed by atoms with van der Waals surface area (Å²) in [6.45, 7) is 0.349. The lowest BCUT2D eigenvalue weighted by Crippen LogP contribution is -2.33. The molecular weight excluding hydrogens is 460 g/mol. The van der Waals surface area contributed by atoms with Crippen molar-refractivity contribution in [1.29, 1.82) is 0 Å². The number of rotatable bonds is 7. The number of ether oxygens (including phenoxy) is 1. The minimum atomic E-state index is -0.524. The first-order valence-corrected chi connectivity index (χ1v) is 8.76. The van der Waals surface area contributed by atoms with Crippen LogP contribution in [0.5, 0.6) is 11.5 Å². The minimum Gasteiger partial charge on any atom is -0.506 e. The summed E-state index contributed by atoms with van der Waals surface area (Å²) in [6, 6.07) is 1.60. The number of nitrogens with one attached hydrogen (secondary N) is 2. The van der Waals surface area contributed by atoms with Crippen LogP contribution in [0.3, 0.4) is 0 Å². The zero-order chi connectivity index (χ0) is 18.4. The number of nitrogens with zero attached hydrogens (tertiary/aromatic N) is 2. The summed E-state index contributed by atoms with van der Waals surface area (Å²) < 4.78 is 6.09. The highest BCUT2D eigenvalue weighted by atomic mass is 79.9. The molecule has 1 aromatic carbocycles. The molecule has 1 aromatic heterocycles. The average Bonchev–Trinajstić information content (AvgIpc) is 3.10. The summed E-state index contributed by atoms with van der Waals surface area (Å²) in [5, 5.41) is 25.1. The largest absolute Gasteiger partial charge is 0.506 e. The molecule has 0 radical (unpaired) electrons. The van der Waals surface area contributed by atoms with Crippen LogP contribution in [-0.2, 0) is 17.6 Å². The molecule has 2 aromatic rings. The van der Waals surface area contributed by atoms with E-state index in [4.69, 9.17) is 9.94 Å². The third-order valence-corrected chi connectivity index (χ3v) is 4.73. The van der Waals surface area contributed by atoms with Gasteiger partial charge in [-0.15, -0.1) is 0 Å². The fourth-order valence-electron chi connectivity index (χ4n) is 2.14. The molecule has 0 bridgehead atoms. The summed E-state index contributed by atoms with van der Waals surface area (Å²) in [5.41, 5.74) is 1.16. The van der Waals surface area contributed by atoms with E-state index in [1.807, 2.05) is 0 Å². The van der Waals surface area contributed by atoms with Crippen LogP contribution in [0.2, 0.25) is 0 Å². The van der Waals surface area contributed by atoms with Crippen LogP contribution in [0.15, 0.2) is 32.7 Å². The van der Waals surface area contributed by atoms with Crippen LogP contribution < -0.4 is 10.1 Å². The summed E-state index contributed by atoms with van der Waals surface area (Å²) >= 11 is 6.56. The van der Waals surface area contributed by atoms with Crippen molar-refractivity contribution in [2.45, 2.75) is 12.8 Å². The summed E-state index contributed by atoms with van der Waals surface area (Å²) in [5.74, 6) is -0.191. The Kier molecular flexibility index (Phi) is 6.82. The molecule has 1 heterocycles. The van der Waals surface area contributed by atoms with Gasteiger partial charge >= 0.3 is 0 Å². The Hall–Kier alpha value is -2.07. The Labute approximate surface area is 160 Å². The number of halogens is 2. The fourth-order valence-corrected chi connectivity index (χ4v) is 3.67. The molecule has 0 unspecified atom stereocenters. The van der Waals surface area contributed by atoms with Gasteiger partial charge in [-0.1, -0.05) is 5.16 Å². The fraction of sp³-hybridized carbons (Fsp3) is 0.267. The van der Waals surface area contributed by atoms with Gasteiger partial charge in [0.05, 0.1) is 17.9 Å². The molecule has 0 aliphatic rings. The van der Waals surface area contributed by atoms with Gasteiger partial charge < -0.3 is 25.4 Å².